The number of piperazine rings is 1. The van der Waals surface area contributed by atoms with Gasteiger partial charge in [0, 0.05) is 35.9 Å². The number of nitrogens with zero attached hydrogens (tertiary/aromatic N) is 4. The maximum atomic E-state index is 13.5. The molecule has 0 spiro atoms. The van der Waals surface area contributed by atoms with Crippen LogP contribution in [0.4, 0.5) is 10.1 Å². The number of alkyl halides is 1. The molecule has 1 aliphatic heterocycles. The first-order chi connectivity index (χ1) is 16.6. The molecular weight excluding hydrogens is 479 g/mol. The summed E-state index contributed by atoms with van der Waals surface area (Å²) < 4.78 is 34.0. The molecule has 1 atom stereocenters. The summed E-state index contributed by atoms with van der Waals surface area (Å²) in [7, 11) is 0. The molecule has 1 saturated heterocycles. The van der Waals surface area contributed by atoms with Crippen molar-refractivity contribution in [2.45, 2.75) is 13.0 Å². The Labute approximate surface area is 206 Å². The van der Waals surface area contributed by atoms with E-state index in [1.54, 1.807) is 30.5 Å². The molecule has 1 aromatic heterocycles. The Hall–Kier alpha value is -2.59. The Balaban J connectivity index is 1.60. The molecule has 4 rings (SSSR count). The minimum absolute atomic E-state index is 0.200. The number of ether oxygens (including phenoxy) is 1. The number of anilines is 1. The predicted octanol–water partition coefficient (Wildman–Crippen LogP) is 3.61. The molecule has 0 aliphatic carbocycles. The molecule has 2 aromatic carbocycles. The lowest BCUT2D eigenvalue weighted by atomic mass is 10.2. The highest BCUT2D eigenvalue weighted by molar-refractivity contribution is 7.89. The maximum Gasteiger partial charge on any atom is 0.316 e. The van der Waals surface area contributed by atoms with E-state index in [4.69, 9.17) is 16.3 Å². The quantitative estimate of drug-likeness (QED) is 0.414. The third-order valence-corrected chi connectivity index (χ3v) is 7.33. The number of aromatic nitrogens is 2. The lowest BCUT2D eigenvalue weighted by molar-refractivity contribution is 0.297. The van der Waals surface area contributed by atoms with Gasteiger partial charge in [-0.05, 0) is 23.8 Å². The molecule has 1 unspecified atom stereocenters. The molecule has 0 amide bonds. The minimum Gasteiger partial charge on any atom is -0.598 e. The number of benzene rings is 2. The summed E-state index contributed by atoms with van der Waals surface area (Å²) in [6, 6.07) is 16.5. The molecule has 1 aliphatic rings. The molecule has 0 radical (unpaired) electrons. The molecular formula is C24H26ClFN4O3S. The van der Waals surface area contributed by atoms with Gasteiger partial charge in [-0.1, -0.05) is 48.0 Å². The van der Waals surface area contributed by atoms with Crippen molar-refractivity contribution in [3.63, 3.8) is 0 Å². The molecule has 0 N–H and O–H groups in total. The fourth-order valence-electron chi connectivity index (χ4n) is 3.75. The molecule has 2 heterocycles. The molecule has 10 heteroatoms. The monoisotopic (exact) mass is 504 g/mol. The van der Waals surface area contributed by atoms with Gasteiger partial charge < -0.3 is 14.2 Å². The van der Waals surface area contributed by atoms with Gasteiger partial charge in [0.05, 0.1) is 31.6 Å². The van der Waals surface area contributed by atoms with Gasteiger partial charge in [0.1, 0.15) is 18.0 Å². The Kier molecular flexibility index (Phi) is 8.44. The second-order valence-corrected chi connectivity index (χ2v) is 9.82. The summed E-state index contributed by atoms with van der Waals surface area (Å²) in [6.45, 7) is 1.93. The minimum atomic E-state index is -1.21. The standard InChI is InChI=1S/C24H26ClFN4O3S/c25-20-8-4-9-21(16-20)30-24(31)23(33-18-19-6-2-1-3-7-19)22(17-27-30)28-11-13-29(14-12-28)34(32)15-5-10-26/h1-4,6-9,16-17H,5,10-15,18H2. The zero-order valence-corrected chi connectivity index (χ0v) is 20.2. The largest absolute Gasteiger partial charge is 0.598 e. The van der Waals surface area contributed by atoms with E-state index in [-0.39, 0.29) is 24.3 Å². The second-order valence-electron chi connectivity index (χ2n) is 7.81. The number of rotatable bonds is 9. The Bertz CT molecular complexity index is 1140. The number of hydrogen-bond donors (Lipinski definition) is 0. The fourth-order valence-corrected chi connectivity index (χ4v) is 5.12. The molecule has 180 valence electrons. The summed E-state index contributed by atoms with van der Waals surface area (Å²) in [5.74, 6) is 0.518. The van der Waals surface area contributed by atoms with Crippen molar-refractivity contribution in [3.8, 4) is 11.4 Å². The van der Waals surface area contributed by atoms with E-state index in [1.165, 1.54) is 4.68 Å². The van der Waals surface area contributed by atoms with Gasteiger partial charge in [-0.25, -0.2) is 0 Å². The summed E-state index contributed by atoms with van der Waals surface area (Å²) in [5, 5.41) is 4.88. The van der Waals surface area contributed by atoms with Crippen LogP contribution in [0.2, 0.25) is 5.02 Å². The van der Waals surface area contributed by atoms with Crippen molar-refractivity contribution in [2.24, 2.45) is 0 Å². The van der Waals surface area contributed by atoms with Crippen LogP contribution in [0.5, 0.6) is 5.75 Å². The van der Waals surface area contributed by atoms with Crippen LogP contribution in [-0.4, -0.2) is 57.2 Å². The van der Waals surface area contributed by atoms with Crippen molar-refractivity contribution in [1.82, 2.24) is 14.1 Å². The first-order valence-corrected chi connectivity index (χ1v) is 12.7. The highest BCUT2D eigenvalue weighted by atomic mass is 35.5. The molecule has 7 nitrogen and oxygen atoms in total. The van der Waals surface area contributed by atoms with Crippen molar-refractivity contribution in [3.05, 3.63) is 81.7 Å². The summed E-state index contributed by atoms with van der Waals surface area (Å²) in [6.07, 6.45) is 1.91. The molecule has 0 bridgehead atoms. The van der Waals surface area contributed by atoms with Gasteiger partial charge in [-0.2, -0.15) is 9.78 Å². The first kappa shape index (κ1) is 24.5. The zero-order valence-electron chi connectivity index (χ0n) is 18.6. The van der Waals surface area contributed by atoms with Gasteiger partial charge >= 0.3 is 5.56 Å². The number of halogens is 2. The van der Waals surface area contributed by atoms with E-state index in [1.807, 2.05) is 39.5 Å². The van der Waals surface area contributed by atoms with E-state index in [0.29, 0.717) is 48.3 Å². The smallest absolute Gasteiger partial charge is 0.316 e. The van der Waals surface area contributed by atoms with Gasteiger partial charge in [-0.15, -0.1) is 4.31 Å². The topological polar surface area (TPSA) is 73.7 Å². The third-order valence-electron chi connectivity index (χ3n) is 5.51. The van der Waals surface area contributed by atoms with Crippen LogP contribution in [-0.2, 0) is 18.0 Å². The van der Waals surface area contributed by atoms with E-state index >= 15 is 0 Å². The van der Waals surface area contributed by atoms with Gasteiger partial charge in [0.25, 0.3) is 0 Å². The second kappa shape index (κ2) is 11.7. The van der Waals surface area contributed by atoms with Crippen LogP contribution in [0.25, 0.3) is 5.69 Å². The number of hydrogen-bond acceptors (Lipinski definition) is 6. The van der Waals surface area contributed by atoms with E-state index < -0.39 is 18.0 Å². The van der Waals surface area contributed by atoms with Gasteiger partial charge in [0.15, 0.2) is 0 Å². The average Bonchev–Trinajstić information content (AvgIpc) is 2.87. The van der Waals surface area contributed by atoms with Gasteiger partial charge in [0.2, 0.25) is 5.75 Å². The zero-order chi connectivity index (χ0) is 23.9. The fraction of sp³-hybridized carbons (Fsp3) is 0.333. The average molecular weight is 505 g/mol. The van der Waals surface area contributed by atoms with Crippen molar-refractivity contribution in [2.75, 3.05) is 43.5 Å². The summed E-state index contributed by atoms with van der Waals surface area (Å²) in [4.78, 5) is 15.5. The van der Waals surface area contributed by atoms with Crippen molar-refractivity contribution in [1.29, 1.82) is 0 Å². The normalized spacial score (nSPS) is 15.3. The highest BCUT2D eigenvalue weighted by Gasteiger charge is 2.28. The van der Waals surface area contributed by atoms with E-state index in [9.17, 15) is 13.7 Å². The Morgan fingerprint density at radius 3 is 2.56 bits per heavy atom. The molecule has 34 heavy (non-hydrogen) atoms. The van der Waals surface area contributed by atoms with Crippen LogP contribution in [0.1, 0.15) is 12.0 Å². The van der Waals surface area contributed by atoms with Crippen LogP contribution in [0, 0.1) is 0 Å². The van der Waals surface area contributed by atoms with Crippen molar-refractivity contribution >= 4 is 28.7 Å². The molecule has 3 aromatic rings. The van der Waals surface area contributed by atoms with Crippen molar-refractivity contribution < 1.29 is 13.7 Å². The Morgan fingerprint density at radius 1 is 1.09 bits per heavy atom. The SMILES string of the molecule is O=c1c(OCc2ccccc2)c(N2CCN([S+]([O-])CCCF)CC2)cnn1-c1cccc(Cl)c1. The van der Waals surface area contributed by atoms with Crippen LogP contribution in [0.3, 0.4) is 0 Å². The molecule has 1 fully saturated rings. The highest BCUT2D eigenvalue weighted by Crippen LogP contribution is 2.27. The predicted molar refractivity (Wildman–Crippen MR) is 133 cm³/mol. The lowest BCUT2D eigenvalue weighted by Gasteiger charge is -2.35. The molecule has 0 saturated carbocycles. The first-order valence-electron chi connectivity index (χ1n) is 11.1. The Morgan fingerprint density at radius 2 is 1.85 bits per heavy atom. The lowest BCUT2D eigenvalue weighted by Crippen LogP contribution is -2.49. The van der Waals surface area contributed by atoms with Crippen LogP contribution in [0.15, 0.2) is 65.6 Å². The van der Waals surface area contributed by atoms with E-state index in [2.05, 4.69) is 5.10 Å². The summed E-state index contributed by atoms with van der Waals surface area (Å²) in [5.41, 5.74) is 1.69. The third kappa shape index (κ3) is 5.90. The summed E-state index contributed by atoms with van der Waals surface area (Å²) >= 11 is 4.91. The van der Waals surface area contributed by atoms with Crippen LogP contribution >= 0.6 is 11.6 Å². The van der Waals surface area contributed by atoms with Gasteiger partial charge in [-0.3, -0.25) is 9.18 Å². The van der Waals surface area contributed by atoms with Crippen LogP contribution < -0.4 is 15.2 Å². The van der Waals surface area contributed by atoms with E-state index in [0.717, 1.165) is 5.56 Å². The maximum absolute atomic E-state index is 13.5.